The van der Waals surface area contributed by atoms with E-state index in [1.165, 1.54) is 6.92 Å². The first kappa shape index (κ1) is 10.4. The average molecular weight is 252 g/mol. The third-order valence-electron chi connectivity index (χ3n) is 1.64. The normalized spacial score (nSPS) is 13.0. The first-order valence-corrected chi connectivity index (χ1v) is 4.36. The summed E-state index contributed by atoms with van der Waals surface area (Å²) in [5.74, 6) is -2.48. The first-order valence-electron chi connectivity index (χ1n) is 3.57. The van der Waals surface area contributed by atoms with Crippen molar-refractivity contribution in [1.82, 2.24) is 0 Å². The summed E-state index contributed by atoms with van der Waals surface area (Å²) in [7, 11) is 0. The Kier molecular flexibility index (Phi) is 2.87. The van der Waals surface area contributed by atoms with Gasteiger partial charge < -0.3 is 10.8 Å². The zero-order valence-electron chi connectivity index (χ0n) is 6.81. The summed E-state index contributed by atoms with van der Waals surface area (Å²) in [5, 5.41) is 9.34. The summed E-state index contributed by atoms with van der Waals surface area (Å²) < 4.78 is 26.0. The third kappa shape index (κ3) is 1.81. The minimum Gasteiger partial charge on any atom is -0.506 e. The molecular formula is C8H8BrF2NO. The second-order valence-corrected chi connectivity index (χ2v) is 3.56. The number of hydrogen-bond acceptors (Lipinski definition) is 2. The number of benzene rings is 1. The van der Waals surface area contributed by atoms with Gasteiger partial charge in [-0.2, -0.15) is 0 Å². The molecule has 0 aromatic heterocycles. The minimum atomic E-state index is -1.10. The van der Waals surface area contributed by atoms with Crippen LogP contribution < -0.4 is 5.73 Å². The van der Waals surface area contributed by atoms with Gasteiger partial charge in [0, 0.05) is 6.04 Å². The van der Waals surface area contributed by atoms with Crippen LogP contribution in [0.1, 0.15) is 18.5 Å². The van der Waals surface area contributed by atoms with Gasteiger partial charge in [0.25, 0.3) is 0 Å². The van der Waals surface area contributed by atoms with Crippen LogP contribution in [0, 0.1) is 11.6 Å². The van der Waals surface area contributed by atoms with Gasteiger partial charge in [-0.25, -0.2) is 8.78 Å². The van der Waals surface area contributed by atoms with Gasteiger partial charge in [0.2, 0.25) is 0 Å². The highest BCUT2D eigenvalue weighted by Crippen LogP contribution is 2.34. The lowest BCUT2D eigenvalue weighted by atomic mass is 10.1. The molecule has 0 saturated heterocycles. The zero-order chi connectivity index (χ0) is 10.2. The molecule has 2 nitrogen and oxygen atoms in total. The lowest BCUT2D eigenvalue weighted by Gasteiger charge is -2.11. The molecule has 13 heavy (non-hydrogen) atoms. The molecule has 0 amide bonds. The van der Waals surface area contributed by atoms with E-state index in [0.29, 0.717) is 0 Å². The molecule has 1 unspecified atom stereocenters. The monoisotopic (exact) mass is 251 g/mol. The van der Waals surface area contributed by atoms with Crippen LogP contribution in [0.5, 0.6) is 5.75 Å². The molecule has 0 aliphatic rings. The Balaban J connectivity index is 3.46. The smallest absolute Gasteiger partial charge is 0.167 e. The van der Waals surface area contributed by atoms with Gasteiger partial charge in [0.1, 0.15) is 5.75 Å². The molecule has 0 aliphatic carbocycles. The molecule has 0 aliphatic heterocycles. The fourth-order valence-corrected chi connectivity index (χ4v) is 1.43. The van der Waals surface area contributed by atoms with Crippen molar-refractivity contribution >= 4 is 15.9 Å². The molecular weight excluding hydrogens is 244 g/mol. The molecule has 0 bridgehead atoms. The van der Waals surface area contributed by atoms with Gasteiger partial charge in [-0.15, -0.1) is 0 Å². The Hall–Kier alpha value is -0.680. The molecule has 1 aromatic rings. The number of hydrogen-bond donors (Lipinski definition) is 2. The SMILES string of the molecule is CC(N)c1c(O)c(Br)cc(F)c1F. The van der Waals surface area contributed by atoms with Crippen molar-refractivity contribution in [2.45, 2.75) is 13.0 Å². The van der Waals surface area contributed by atoms with Gasteiger partial charge >= 0.3 is 0 Å². The maximum Gasteiger partial charge on any atom is 0.167 e. The van der Waals surface area contributed by atoms with E-state index in [1.807, 2.05) is 0 Å². The topological polar surface area (TPSA) is 46.2 Å². The Morgan fingerprint density at radius 1 is 1.54 bits per heavy atom. The van der Waals surface area contributed by atoms with Crippen LogP contribution in [0.15, 0.2) is 10.5 Å². The molecule has 0 fully saturated rings. The van der Waals surface area contributed by atoms with Crippen molar-refractivity contribution in [3.63, 3.8) is 0 Å². The van der Waals surface area contributed by atoms with Crippen LogP contribution >= 0.6 is 15.9 Å². The van der Waals surface area contributed by atoms with Gasteiger partial charge in [0.05, 0.1) is 10.0 Å². The van der Waals surface area contributed by atoms with Gasteiger partial charge in [0.15, 0.2) is 11.6 Å². The van der Waals surface area contributed by atoms with E-state index in [2.05, 4.69) is 15.9 Å². The molecule has 1 rings (SSSR count). The zero-order valence-corrected chi connectivity index (χ0v) is 8.40. The first-order chi connectivity index (χ1) is 5.95. The molecule has 1 aromatic carbocycles. The molecule has 3 N–H and O–H groups in total. The summed E-state index contributed by atoms with van der Waals surface area (Å²) >= 11 is 2.89. The number of nitrogens with two attached hydrogens (primary N) is 1. The Morgan fingerprint density at radius 2 is 2.08 bits per heavy atom. The van der Waals surface area contributed by atoms with Gasteiger partial charge in [-0.05, 0) is 28.9 Å². The predicted molar refractivity (Wildman–Crippen MR) is 48.3 cm³/mol. The highest BCUT2D eigenvalue weighted by Gasteiger charge is 2.19. The van der Waals surface area contributed by atoms with Crippen LogP contribution in [-0.4, -0.2) is 5.11 Å². The molecule has 0 saturated carbocycles. The Morgan fingerprint density at radius 3 is 2.54 bits per heavy atom. The fourth-order valence-electron chi connectivity index (χ4n) is 1.02. The van der Waals surface area contributed by atoms with Crippen molar-refractivity contribution in [2.24, 2.45) is 5.73 Å². The van der Waals surface area contributed by atoms with Crippen LogP contribution in [0.3, 0.4) is 0 Å². The predicted octanol–water partition coefficient (Wildman–Crippen LogP) is 2.45. The lowest BCUT2D eigenvalue weighted by Crippen LogP contribution is -2.09. The number of aromatic hydroxyl groups is 1. The van der Waals surface area contributed by atoms with E-state index < -0.39 is 17.7 Å². The maximum atomic E-state index is 13.1. The molecule has 5 heteroatoms. The third-order valence-corrected chi connectivity index (χ3v) is 2.24. The molecule has 0 heterocycles. The van der Waals surface area contributed by atoms with Crippen molar-refractivity contribution < 1.29 is 13.9 Å². The van der Waals surface area contributed by atoms with Crippen LogP contribution in [-0.2, 0) is 0 Å². The second kappa shape index (κ2) is 3.59. The quantitative estimate of drug-likeness (QED) is 0.754. The van der Waals surface area contributed by atoms with E-state index in [4.69, 9.17) is 5.73 Å². The number of halogens is 3. The summed E-state index contributed by atoms with van der Waals surface area (Å²) in [6.45, 7) is 1.46. The highest BCUT2D eigenvalue weighted by molar-refractivity contribution is 9.10. The van der Waals surface area contributed by atoms with E-state index in [-0.39, 0.29) is 15.8 Å². The molecule has 72 valence electrons. The summed E-state index contributed by atoms with van der Waals surface area (Å²) in [6.07, 6.45) is 0. The number of phenols is 1. The van der Waals surface area contributed by atoms with E-state index >= 15 is 0 Å². The molecule has 1 atom stereocenters. The van der Waals surface area contributed by atoms with E-state index in [1.54, 1.807) is 0 Å². The van der Waals surface area contributed by atoms with E-state index in [0.717, 1.165) is 6.07 Å². The second-order valence-electron chi connectivity index (χ2n) is 2.71. The standard InChI is InChI=1S/C8H8BrF2NO/c1-3(12)6-7(11)5(10)2-4(9)8(6)13/h2-3,13H,12H2,1H3. The number of phenolic OH excluding ortho intramolecular Hbond substituents is 1. The van der Waals surface area contributed by atoms with Gasteiger partial charge in [-0.1, -0.05) is 0 Å². The summed E-state index contributed by atoms with van der Waals surface area (Å²) in [4.78, 5) is 0. The van der Waals surface area contributed by atoms with Crippen LogP contribution in [0.2, 0.25) is 0 Å². The molecule has 0 spiro atoms. The largest absolute Gasteiger partial charge is 0.506 e. The van der Waals surface area contributed by atoms with E-state index in [9.17, 15) is 13.9 Å². The average Bonchev–Trinajstić information content (AvgIpc) is 2.01. The summed E-state index contributed by atoms with van der Waals surface area (Å²) in [5.41, 5.74) is 5.15. The van der Waals surface area contributed by atoms with Crippen molar-refractivity contribution in [2.75, 3.05) is 0 Å². The summed E-state index contributed by atoms with van der Waals surface area (Å²) in [6, 6.07) is 0.100. The fraction of sp³-hybridized carbons (Fsp3) is 0.250. The lowest BCUT2D eigenvalue weighted by molar-refractivity contribution is 0.431. The minimum absolute atomic E-state index is 0.0960. The van der Waals surface area contributed by atoms with Crippen molar-refractivity contribution in [1.29, 1.82) is 0 Å². The Bertz CT molecular complexity index is 315. The maximum absolute atomic E-state index is 13.1. The van der Waals surface area contributed by atoms with Gasteiger partial charge in [-0.3, -0.25) is 0 Å². The highest BCUT2D eigenvalue weighted by atomic mass is 79.9. The number of rotatable bonds is 1. The van der Waals surface area contributed by atoms with Crippen molar-refractivity contribution in [3.05, 3.63) is 27.7 Å². The molecule has 0 radical (unpaired) electrons. The van der Waals surface area contributed by atoms with Crippen LogP contribution in [0.25, 0.3) is 0 Å². The van der Waals surface area contributed by atoms with Crippen LogP contribution in [0.4, 0.5) is 8.78 Å². The van der Waals surface area contributed by atoms with Crippen molar-refractivity contribution in [3.8, 4) is 5.75 Å². The Labute approximate surface area is 82.5 Å².